The lowest BCUT2D eigenvalue weighted by Gasteiger charge is -2.13. The van der Waals surface area contributed by atoms with Crippen LogP contribution in [-0.4, -0.2) is 55.0 Å². The number of aromatic nitrogens is 1. The van der Waals surface area contributed by atoms with Crippen molar-refractivity contribution in [2.24, 2.45) is 16.5 Å². The summed E-state index contributed by atoms with van der Waals surface area (Å²) in [5, 5.41) is 3.22. The summed E-state index contributed by atoms with van der Waals surface area (Å²) in [6.45, 7) is 11.8. The van der Waals surface area contributed by atoms with Crippen LogP contribution in [0.3, 0.4) is 0 Å². The molecule has 0 spiro atoms. The molecule has 0 saturated carbocycles. The van der Waals surface area contributed by atoms with Crippen LogP contribution in [0.1, 0.15) is 46.1 Å². The smallest absolute Gasteiger partial charge is 0.257 e. The minimum Gasteiger partial charge on any atom is -0.483 e. The Morgan fingerprint density at radius 2 is 1.68 bits per heavy atom. The van der Waals surface area contributed by atoms with Crippen molar-refractivity contribution in [2.45, 2.75) is 47.0 Å². The number of hydrogen-bond donors (Lipinski definition) is 3. The van der Waals surface area contributed by atoms with Crippen LogP contribution in [0.2, 0.25) is 0 Å². The Bertz CT molecular complexity index is 1060. The fourth-order valence-corrected chi connectivity index (χ4v) is 3.64. The summed E-state index contributed by atoms with van der Waals surface area (Å²) >= 11 is 0. The number of pyridine rings is 1. The van der Waals surface area contributed by atoms with E-state index in [1.807, 2.05) is 33.8 Å². The number of aliphatic imine (C=N–C) groups is 1. The molecule has 0 radical (unpaired) electrons. The molecule has 0 aliphatic carbocycles. The van der Waals surface area contributed by atoms with Crippen LogP contribution in [-0.2, 0) is 11.2 Å². The Hall–Kier alpha value is -3.65. The number of likely N-dealkylation sites (tertiary alicyclic amines) is 1. The molecule has 2 aromatic carbocycles. The van der Waals surface area contributed by atoms with Gasteiger partial charge < -0.3 is 26.4 Å². The number of rotatable bonds is 7. The molecule has 5 N–H and O–H groups in total. The molecule has 0 atom stereocenters. The van der Waals surface area contributed by atoms with Crippen molar-refractivity contribution >= 4 is 28.5 Å². The first-order valence-corrected chi connectivity index (χ1v) is 13.1. The molecule has 8 nitrogen and oxygen atoms in total. The topological polar surface area (TPSA) is 119 Å². The summed E-state index contributed by atoms with van der Waals surface area (Å²) in [5.41, 5.74) is 13.4. The highest BCUT2D eigenvalue weighted by molar-refractivity contribution is 5.96. The SMILES string of the molecule is CC.CC.CNC(=O)COc1ccc(N=C(N)N)c2ncccc12.c1ccc(CCN2CCCC2)cc1. The summed E-state index contributed by atoms with van der Waals surface area (Å²) in [6.07, 6.45) is 5.64. The van der Waals surface area contributed by atoms with Gasteiger partial charge in [0.1, 0.15) is 5.75 Å². The molecule has 1 saturated heterocycles. The Morgan fingerprint density at radius 3 is 2.30 bits per heavy atom. The van der Waals surface area contributed by atoms with Gasteiger partial charge in [-0.25, -0.2) is 4.99 Å². The summed E-state index contributed by atoms with van der Waals surface area (Å²) in [7, 11) is 1.55. The molecular weight excluding hydrogens is 464 g/mol. The normalized spacial score (nSPS) is 12.0. The van der Waals surface area contributed by atoms with E-state index >= 15 is 0 Å². The standard InChI is InChI=1S/C13H15N5O2.C12H17N.2C2H6/c1-16-11(19)7-20-10-5-4-9(18-13(14)15)12-8(10)3-2-6-17-12;1-2-6-12(7-3-1)8-11-13-9-4-5-10-13;2*1-2/h2-6H,7H2,1H3,(H,16,19)(H4,14,15,18);1-3,6-7H,4-5,8-11H2;2*1-2H3. The Labute approximate surface area is 222 Å². The Balaban J connectivity index is 0.000000347. The van der Waals surface area contributed by atoms with E-state index in [0.717, 1.165) is 5.39 Å². The number of fused-ring (bicyclic) bond motifs is 1. The first-order valence-electron chi connectivity index (χ1n) is 13.1. The van der Waals surface area contributed by atoms with Crippen LogP contribution >= 0.6 is 0 Å². The molecule has 8 heteroatoms. The van der Waals surface area contributed by atoms with Crippen molar-refractivity contribution in [1.82, 2.24) is 15.2 Å². The van der Waals surface area contributed by atoms with E-state index in [1.165, 1.54) is 44.5 Å². The van der Waals surface area contributed by atoms with Crippen molar-refractivity contribution in [3.63, 3.8) is 0 Å². The van der Waals surface area contributed by atoms with Crippen molar-refractivity contribution < 1.29 is 9.53 Å². The van der Waals surface area contributed by atoms with Gasteiger partial charge in [-0.05, 0) is 62.2 Å². The summed E-state index contributed by atoms with van der Waals surface area (Å²) < 4.78 is 5.47. The Morgan fingerprint density at radius 1 is 1.00 bits per heavy atom. The molecule has 1 amide bonds. The van der Waals surface area contributed by atoms with Crippen LogP contribution in [0.25, 0.3) is 10.9 Å². The van der Waals surface area contributed by atoms with Gasteiger partial charge in [-0.3, -0.25) is 9.78 Å². The highest BCUT2D eigenvalue weighted by Crippen LogP contribution is 2.31. The quantitative estimate of drug-likeness (QED) is 0.316. The lowest BCUT2D eigenvalue weighted by Crippen LogP contribution is -2.24. The number of hydrogen-bond acceptors (Lipinski definition) is 5. The number of guanidine groups is 1. The zero-order valence-electron chi connectivity index (χ0n) is 23.0. The average Bonchev–Trinajstić information content (AvgIpc) is 3.48. The van der Waals surface area contributed by atoms with Gasteiger partial charge in [-0.2, -0.15) is 0 Å². The summed E-state index contributed by atoms with van der Waals surface area (Å²) in [5.74, 6) is 0.289. The van der Waals surface area contributed by atoms with Gasteiger partial charge in [0.15, 0.2) is 12.6 Å². The summed E-state index contributed by atoms with van der Waals surface area (Å²) in [4.78, 5) is 22.0. The van der Waals surface area contributed by atoms with Gasteiger partial charge in [0.2, 0.25) is 0 Å². The number of likely N-dealkylation sites (N-methyl/N-ethyl adjacent to an activating group) is 1. The minimum absolute atomic E-state index is 0.0454. The summed E-state index contributed by atoms with van der Waals surface area (Å²) in [6, 6.07) is 17.8. The van der Waals surface area contributed by atoms with Gasteiger partial charge in [0, 0.05) is 25.2 Å². The van der Waals surface area contributed by atoms with Gasteiger partial charge >= 0.3 is 0 Å². The van der Waals surface area contributed by atoms with Crippen LogP contribution in [0, 0.1) is 0 Å². The van der Waals surface area contributed by atoms with Crippen LogP contribution in [0.15, 0.2) is 65.8 Å². The molecule has 1 aromatic heterocycles. The number of nitrogens with zero attached hydrogens (tertiary/aromatic N) is 3. The minimum atomic E-state index is -0.213. The number of carbonyl (C=O) groups excluding carboxylic acids is 1. The molecule has 1 aliphatic rings. The van der Waals surface area contributed by atoms with Gasteiger partial charge in [0.25, 0.3) is 5.91 Å². The van der Waals surface area contributed by atoms with Crippen LogP contribution < -0.4 is 21.5 Å². The number of nitrogens with two attached hydrogens (primary N) is 2. The second kappa shape index (κ2) is 18.6. The van der Waals surface area contributed by atoms with E-state index < -0.39 is 0 Å². The molecule has 0 bridgehead atoms. The van der Waals surface area contributed by atoms with Crippen molar-refractivity contribution in [2.75, 3.05) is 33.3 Å². The van der Waals surface area contributed by atoms with Crippen LogP contribution in [0.5, 0.6) is 5.75 Å². The monoisotopic (exact) mass is 508 g/mol. The molecule has 0 unspecified atom stereocenters. The van der Waals surface area contributed by atoms with E-state index in [-0.39, 0.29) is 18.5 Å². The van der Waals surface area contributed by atoms with Crippen molar-refractivity contribution in [3.8, 4) is 5.75 Å². The molecule has 1 fully saturated rings. The third kappa shape index (κ3) is 11.3. The first-order chi connectivity index (χ1) is 18.1. The maximum atomic E-state index is 11.2. The molecule has 1 aliphatic heterocycles. The van der Waals surface area contributed by atoms with E-state index in [4.69, 9.17) is 16.2 Å². The average molecular weight is 509 g/mol. The highest BCUT2D eigenvalue weighted by atomic mass is 16.5. The molecule has 37 heavy (non-hydrogen) atoms. The number of benzene rings is 2. The number of amides is 1. The maximum Gasteiger partial charge on any atom is 0.257 e. The maximum absolute atomic E-state index is 11.2. The fraction of sp³-hybridized carbons (Fsp3) is 0.414. The first kappa shape index (κ1) is 31.4. The number of nitrogens with one attached hydrogen (secondary N) is 1. The largest absolute Gasteiger partial charge is 0.483 e. The third-order valence-corrected chi connectivity index (χ3v) is 5.35. The molecule has 3 aromatic rings. The van der Waals surface area contributed by atoms with Gasteiger partial charge in [-0.15, -0.1) is 0 Å². The van der Waals surface area contributed by atoms with E-state index in [1.54, 1.807) is 31.4 Å². The van der Waals surface area contributed by atoms with Gasteiger partial charge in [0.05, 0.1) is 11.2 Å². The second-order valence-electron chi connectivity index (χ2n) is 7.77. The van der Waals surface area contributed by atoms with Crippen molar-refractivity contribution in [3.05, 3.63) is 66.4 Å². The molecule has 2 heterocycles. The Kier molecular flexibility index (Phi) is 15.8. The zero-order valence-corrected chi connectivity index (χ0v) is 23.0. The molecule has 202 valence electrons. The van der Waals surface area contributed by atoms with Crippen LogP contribution in [0.4, 0.5) is 5.69 Å². The van der Waals surface area contributed by atoms with E-state index in [0.29, 0.717) is 17.0 Å². The third-order valence-electron chi connectivity index (χ3n) is 5.35. The molecule has 4 rings (SSSR count). The highest BCUT2D eigenvalue weighted by Gasteiger charge is 2.10. The van der Waals surface area contributed by atoms with Crippen molar-refractivity contribution in [1.29, 1.82) is 0 Å². The number of carbonyl (C=O) groups is 1. The predicted molar refractivity (Wildman–Crippen MR) is 155 cm³/mol. The lowest BCUT2D eigenvalue weighted by molar-refractivity contribution is -0.122. The lowest BCUT2D eigenvalue weighted by atomic mass is 10.1. The van der Waals surface area contributed by atoms with Gasteiger partial charge in [-0.1, -0.05) is 58.0 Å². The van der Waals surface area contributed by atoms with E-state index in [9.17, 15) is 4.79 Å². The molecular formula is C29H44N6O2. The fourth-order valence-electron chi connectivity index (χ4n) is 3.64. The second-order valence-corrected chi connectivity index (χ2v) is 7.77. The zero-order chi connectivity index (χ0) is 27.5. The number of ether oxygens (including phenoxy) is 1. The van der Waals surface area contributed by atoms with E-state index in [2.05, 4.69) is 50.5 Å². The predicted octanol–water partition coefficient (Wildman–Crippen LogP) is 4.64.